The van der Waals surface area contributed by atoms with Gasteiger partial charge in [0.25, 0.3) is 0 Å². The second-order valence-electron chi connectivity index (χ2n) is 4.18. The molecule has 2 saturated carbocycles. The fourth-order valence-electron chi connectivity index (χ4n) is 2.78. The lowest BCUT2D eigenvalue weighted by Crippen LogP contribution is -2.39. The first-order chi connectivity index (χ1) is 5.68. The monoisotopic (exact) mass is 169 g/mol. The fourth-order valence-corrected chi connectivity index (χ4v) is 2.78. The average Bonchev–Trinajstić information content (AvgIpc) is 2.30. The minimum absolute atomic E-state index is 0.109. The molecule has 12 heavy (non-hydrogen) atoms. The van der Waals surface area contributed by atoms with Crippen molar-refractivity contribution < 1.29 is 9.90 Å². The number of carbonyl (C=O) groups is 1. The molecule has 0 aromatic heterocycles. The van der Waals surface area contributed by atoms with Crippen molar-refractivity contribution in [1.82, 2.24) is 0 Å². The van der Waals surface area contributed by atoms with Crippen molar-refractivity contribution in [1.29, 1.82) is 0 Å². The summed E-state index contributed by atoms with van der Waals surface area (Å²) in [5.41, 5.74) is 5.95. The largest absolute Gasteiger partial charge is 0.481 e. The lowest BCUT2D eigenvalue weighted by Gasteiger charge is -2.30. The maximum absolute atomic E-state index is 10.7. The molecule has 2 aliphatic carbocycles. The Labute approximate surface area is 71.9 Å². The Morgan fingerprint density at radius 3 is 2.17 bits per heavy atom. The fraction of sp³-hybridized carbons (Fsp3) is 0.889. The van der Waals surface area contributed by atoms with Crippen LogP contribution in [-0.2, 0) is 4.79 Å². The van der Waals surface area contributed by atoms with Crippen molar-refractivity contribution in [2.45, 2.75) is 31.7 Å². The molecule has 3 N–H and O–H groups in total. The van der Waals surface area contributed by atoms with Crippen LogP contribution in [0.15, 0.2) is 0 Å². The highest BCUT2D eigenvalue weighted by Gasteiger charge is 2.42. The highest BCUT2D eigenvalue weighted by atomic mass is 16.4. The zero-order valence-corrected chi connectivity index (χ0v) is 7.07. The normalized spacial score (nSPS) is 46.1. The molecule has 0 saturated heterocycles. The van der Waals surface area contributed by atoms with Crippen LogP contribution in [-0.4, -0.2) is 17.1 Å². The molecule has 2 fully saturated rings. The van der Waals surface area contributed by atoms with Gasteiger partial charge in [0.1, 0.15) is 0 Å². The van der Waals surface area contributed by atoms with Crippen LogP contribution < -0.4 is 5.73 Å². The van der Waals surface area contributed by atoms with Crippen LogP contribution in [0.4, 0.5) is 0 Å². The minimum Gasteiger partial charge on any atom is -0.481 e. The first-order valence-corrected chi connectivity index (χ1v) is 4.67. The number of rotatable bonds is 1. The van der Waals surface area contributed by atoms with Gasteiger partial charge in [0.15, 0.2) is 0 Å². The van der Waals surface area contributed by atoms with E-state index in [2.05, 4.69) is 0 Å². The van der Waals surface area contributed by atoms with Gasteiger partial charge >= 0.3 is 5.97 Å². The summed E-state index contributed by atoms with van der Waals surface area (Å²) in [4.78, 5) is 10.7. The number of nitrogens with two attached hydrogens (primary N) is 1. The third-order valence-corrected chi connectivity index (χ3v) is 3.52. The predicted molar refractivity (Wildman–Crippen MR) is 44.5 cm³/mol. The Hall–Kier alpha value is -0.570. The highest BCUT2D eigenvalue weighted by molar-refractivity contribution is 5.70. The molecule has 4 atom stereocenters. The summed E-state index contributed by atoms with van der Waals surface area (Å²) in [5, 5.41) is 8.85. The van der Waals surface area contributed by atoms with Crippen LogP contribution in [0.25, 0.3) is 0 Å². The summed E-state index contributed by atoms with van der Waals surface area (Å²) in [5.74, 6) is 0.246. The number of hydrogen-bond donors (Lipinski definition) is 2. The number of carboxylic acids is 1. The van der Waals surface area contributed by atoms with Gasteiger partial charge < -0.3 is 10.8 Å². The molecule has 0 heterocycles. The van der Waals surface area contributed by atoms with Crippen molar-refractivity contribution >= 4 is 5.97 Å². The van der Waals surface area contributed by atoms with Gasteiger partial charge in [-0.2, -0.15) is 0 Å². The molecule has 0 aliphatic heterocycles. The van der Waals surface area contributed by atoms with Gasteiger partial charge in [-0.3, -0.25) is 4.79 Å². The smallest absolute Gasteiger partial charge is 0.306 e. The van der Waals surface area contributed by atoms with E-state index in [0.29, 0.717) is 17.9 Å². The Balaban J connectivity index is 2.07. The van der Waals surface area contributed by atoms with Crippen molar-refractivity contribution in [3.05, 3.63) is 0 Å². The second-order valence-corrected chi connectivity index (χ2v) is 4.18. The number of fused-ring (bicyclic) bond motifs is 2. The van der Waals surface area contributed by atoms with Gasteiger partial charge in [0.05, 0.1) is 5.92 Å². The van der Waals surface area contributed by atoms with Crippen LogP contribution in [0, 0.1) is 17.8 Å². The molecule has 0 amide bonds. The molecule has 2 rings (SSSR count). The van der Waals surface area contributed by atoms with Gasteiger partial charge in [-0.05, 0) is 37.5 Å². The summed E-state index contributed by atoms with van der Waals surface area (Å²) in [6.45, 7) is 0. The van der Waals surface area contributed by atoms with Crippen molar-refractivity contribution in [3.63, 3.8) is 0 Å². The maximum atomic E-state index is 10.7. The van der Waals surface area contributed by atoms with E-state index in [4.69, 9.17) is 10.8 Å². The molecule has 2 aliphatic rings. The van der Waals surface area contributed by atoms with E-state index in [9.17, 15) is 4.79 Å². The van der Waals surface area contributed by atoms with E-state index < -0.39 is 5.97 Å². The summed E-state index contributed by atoms with van der Waals surface area (Å²) in [6.07, 6.45) is 3.92. The van der Waals surface area contributed by atoms with Crippen LogP contribution in [0.3, 0.4) is 0 Å². The molecule has 0 spiro atoms. The van der Waals surface area contributed by atoms with Crippen molar-refractivity contribution in [2.24, 2.45) is 23.5 Å². The van der Waals surface area contributed by atoms with Crippen molar-refractivity contribution in [3.8, 4) is 0 Å². The highest BCUT2D eigenvalue weighted by Crippen LogP contribution is 2.43. The van der Waals surface area contributed by atoms with E-state index in [-0.39, 0.29) is 5.92 Å². The SMILES string of the molecule is NC1[C@@H]2CC[C@H]1C[C@H](C(=O)O)C2. The quantitative estimate of drug-likeness (QED) is 0.611. The lowest BCUT2D eigenvalue weighted by molar-refractivity contribution is -0.143. The molecule has 0 aromatic carbocycles. The lowest BCUT2D eigenvalue weighted by atomic mass is 9.78. The van der Waals surface area contributed by atoms with Gasteiger partial charge in [-0.15, -0.1) is 0 Å². The number of aliphatic carboxylic acids is 1. The summed E-state index contributed by atoms with van der Waals surface area (Å²) in [6, 6.07) is 0.292. The average molecular weight is 169 g/mol. The van der Waals surface area contributed by atoms with E-state index >= 15 is 0 Å². The van der Waals surface area contributed by atoms with Gasteiger partial charge in [0, 0.05) is 6.04 Å². The van der Waals surface area contributed by atoms with Gasteiger partial charge in [0.2, 0.25) is 0 Å². The molecule has 2 bridgehead atoms. The minimum atomic E-state index is -0.626. The van der Waals surface area contributed by atoms with E-state index in [0.717, 1.165) is 25.7 Å². The third kappa shape index (κ3) is 1.12. The van der Waals surface area contributed by atoms with Crippen LogP contribution >= 0.6 is 0 Å². The first kappa shape index (κ1) is 8.05. The number of carboxylic acid groups (broad SMARTS) is 1. The molecule has 1 unspecified atom stereocenters. The standard InChI is InChI=1S/C9H15NO2/c10-8-5-1-2-6(8)4-7(3-5)9(11)12/h5-8H,1-4,10H2,(H,11,12)/t5-,6+,7-,8?. The first-order valence-electron chi connectivity index (χ1n) is 4.67. The maximum Gasteiger partial charge on any atom is 0.306 e. The second kappa shape index (κ2) is 2.73. The summed E-state index contributed by atoms with van der Waals surface area (Å²) < 4.78 is 0. The molecular formula is C9H15NO2. The predicted octanol–water partition coefficient (Wildman–Crippen LogP) is 0.834. The Morgan fingerprint density at radius 2 is 1.75 bits per heavy atom. The molecular weight excluding hydrogens is 154 g/mol. The zero-order valence-electron chi connectivity index (χ0n) is 7.07. The Kier molecular flexibility index (Phi) is 1.83. The van der Waals surface area contributed by atoms with Gasteiger partial charge in [-0.25, -0.2) is 0 Å². The van der Waals surface area contributed by atoms with E-state index in [1.165, 1.54) is 0 Å². The summed E-state index contributed by atoms with van der Waals surface area (Å²) in [7, 11) is 0. The summed E-state index contributed by atoms with van der Waals surface area (Å²) >= 11 is 0. The van der Waals surface area contributed by atoms with E-state index in [1.54, 1.807) is 0 Å². The zero-order chi connectivity index (χ0) is 8.72. The van der Waals surface area contributed by atoms with Crippen LogP contribution in [0.2, 0.25) is 0 Å². The van der Waals surface area contributed by atoms with Crippen LogP contribution in [0.5, 0.6) is 0 Å². The number of hydrogen-bond acceptors (Lipinski definition) is 2. The molecule has 3 heteroatoms. The van der Waals surface area contributed by atoms with E-state index in [1.807, 2.05) is 0 Å². The Bertz CT molecular complexity index is 191. The Morgan fingerprint density at radius 1 is 1.25 bits per heavy atom. The van der Waals surface area contributed by atoms with Gasteiger partial charge in [-0.1, -0.05) is 0 Å². The molecule has 0 radical (unpaired) electrons. The van der Waals surface area contributed by atoms with Crippen molar-refractivity contribution in [2.75, 3.05) is 0 Å². The molecule has 68 valence electrons. The third-order valence-electron chi connectivity index (χ3n) is 3.52. The van der Waals surface area contributed by atoms with Crippen LogP contribution in [0.1, 0.15) is 25.7 Å². The molecule has 0 aromatic rings. The topological polar surface area (TPSA) is 63.3 Å². The molecule has 3 nitrogen and oxygen atoms in total.